The molecule has 0 radical (unpaired) electrons. The van der Waals surface area contributed by atoms with Crippen molar-refractivity contribution in [3.05, 3.63) is 59.7 Å². The van der Waals surface area contributed by atoms with Gasteiger partial charge in [-0.25, -0.2) is 4.99 Å². The van der Waals surface area contributed by atoms with Crippen LogP contribution in [0.2, 0.25) is 0 Å². The monoisotopic (exact) mass is 420 g/mol. The summed E-state index contributed by atoms with van der Waals surface area (Å²) in [5.41, 5.74) is 1.43. The summed E-state index contributed by atoms with van der Waals surface area (Å²) in [5.74, 6) is 0.691. The summed E-state index contributed by atoms with van der Waals surface area (Å²) < 4.78 is 35.0. The smallest absolute Gasteiger partial charge is 0.387 e. The Morgan fingerprint density at radius 3 is 2.53 bits per heavy atom. The van der Waals surface area contributed by atoms with Crippen molar-refractivity contribution in [2.75, 3.05) is 20.2 Å². The van der Waals surface area contributed by atoms with E-state index in [0.29, 0.717) is 30.4 Å². The van der Waals surface area contributed by atoms with Crippen LogP contribution in [0.1, 0.15) is 18.1 Å². The minimum atomic E-state index is -2.94. The molecule has 30 heavy (non-hydrogen) atoms. The first-order valence-corrected chi connectivity index (χ1v) is 9.46. The van der Waals surface area contributed by atoms with Gasteiger partial charge in [-0.2, -0.15) is 8.78 Å². The minimum absolute atomic E-state index is 0.0111. The van der Waals surface area contributed by atoms with Crippen LogP contribution < -0.4 is 25.4 Å². The molecule has 9 heteroatoms. The second-order valence-electron chi connectivity index (χ2n) is 6.16. The number of nitrogens with one attached hydrogen (secondary N) is 3. The third-order valence-electron chi connectivity index (χ3n) is 3.98. The average molecular weight is 420 g/mol. The van der Waals surface area contributed by atoms with E-state index in [1.807, 2.05) is 37.3 Å². The van der Waals surface area contributed by atoms with E-state index in [4.69, 9.17) is 4.74 Å². The van der Waals surface area contributed by atoms with Crippen LogP contribution in [0, 0.1) is 0 Å². The highest BCUT2D eigenvalue weighted by molar-refractivity contribution is 5.86. The molecule has 0 aromatic heterocycles. The van der Waals surface area contributed by atoms with Crippen LogP contribution in [0.3, 0.4) is 0 Å². The first-order valence-electron chi connectivity index (χ1n) is 9.46. The normalized spacial score (nSPS) is 11.2. The number of carbonyl (C=O) groups is 1. The standard InChI is InChI=1S/C21H26F2N4O3/c1-3-24-21(27-14-19(28)25-12-15-7-5-4-6-8-15)26-13-16-11-17(29-2)9-10-18(16)30-20(22)23/h4-11,20H,3,12-14H2,1-2H3,(H,25,28)(H2,24,26,27). The fourth-order valence-electron chi connectivity index (χ4n) is 2.55. The first kappa shape index (κ1) is 22.9. The van der Waals surface area contributed by atoms with Crippen molar-refractivity contribution in [2.24, 2.45) is 4.99 Å². The molecule has 7 nitrogen and oxygen atoms in total. The highest BCUT2D eigenvalue weighted by Crippen LogP contribution is 2.26. The molecule has 0 bridgehead atoms. The molecule has 0 fully saturated rings. The lowest BCUT2D eigenvalue weighted by molar-refractivity contribution is -0.120. The van der Waals surface area contributed by atoms with Crippen molar-refractivity contribution in [2.45, 2.75) is 26.6 Å². The maximum Gasteiger partial charge on any atom is 0.387 e. The van der Waals surface area contributed by atoms with Crippen LogP contribution in [0.5, 0.6) is 11.5 Å². The summed E-state index contributed by atoms with van der Waals surface area (Å²) in [7, 11) is 1.48. The number of methoxy groups -OCH3 is 1. The minimum Gasteiger partial charge on any atom is -0.497 e. The highest BCUT2D eigenvalue weighted by Gasteiger charge is 2.11. The van der Waals surface area contributed by atoms with Crippen LogP contribution in [0.25, 0.3) is 0 Å². The maximum atomic E-state index is 12.6. The summed E-state index contributed by atoms with van der Waals surface area (Å²) in [6.45, 7) is -0.00909. The van der Waals surface area contributed by atoms with Gasteiger partial charge < -0.3 is 25.4 Å². The van der Waals surface area contributed by atoms with Crippen molar-refractivity contribution in [1.82, 2.24) is 16.0 Å². The zero-order valence-corrected chi connectivity index (χ0v) is 17.0. The van der Waals surface area contributed by atoms with Crippen LogP contribution in [0.15, 0.2) is 53.5 Å². The van der Waals surface area contributed by atoms with Crippen molar-refractivity contribution in [1.29, 1.82) is 0 Å². The van der Waals surface area contributed by atoms with E-state index >= 15 is 0 Å². The fraction of sp³-hybridized carbons (Fsp3) is 0.333. The molecule has 0 atom stereocenters. The Labute approximate surface area is 174 Å². The van der Waals surface area contributed by atoms with Crippen molar-refractivity contribution in [3.63, 3.8) is 0 Å². The van der Waals surface area contributed by atoms with E-state index < -0.39 is 6.61 Å². The van der Waals surface area contributed by atoms with Gasteiger partial charge in [-0.15, -0.1) is 0 Å². The van der Waals surface area contributed by atoms with Crippen molar-refractivity contribution >= 4 is 11.9 Å². The molecular weight excluding hydrogens is 394 g/mol. The molecule has 3 N–H and O–H groups in total. The molecule has 0 saturated carbocycles. The van der Waals surface area contributed by atoms with Gasteiger partial charge >= 0.3 is 6.61 Å². The third-order valence-corrected chi connectivity index (χ3v) is 3.98. The van der Waals surface area contributed by atoms with E-state index in [1.165, 1.54) is 19.2 Å². The summed E-state index contributed by atoms with van der Waals surface area (Å²) in [6.07, 6.45) is 0. The van der Waals surface area contributed by atoms with E-state index in [0.717, 1.165) is 5.56 Å². The molecule has 0 aliphatic heterocycles. The number of halogens is 2. The van der Waals surface area contributed by atoms with Crippen molar-refractivity contribution in [3.8, 4) is 11.5 Å². The number of ether oxygens (including phenoxy) is 2. The number of alkyl halides is 2. The molecule has 1 amide bonds. The fourth-order valence-corrected chi connectivity index (χ4v) is 2.55. The Bertz CT molecular complexity index is 832. The van der Waals surface area contributed by atoms with Crippen LogP contribution in [0.4, 0.5) is 8.78 Å². The number of amides is 1. The SMILES string of the molecule is CCNC(=NCc1cc(OC)ccc1OC(F)F)NCC(=O)NCc1ccccc1. The molecule has 0 unspecified atom stereocenters. The summed E-state index contributed by atoms with van der Waals surface area (Å²) >= 11 is 0. The van der Waals surface area contributed by atoms with Gasteiger partial charge in [0.2, 0.25) is 5.91 Å². The Hall–Kier alpha value is -3.36. The lowest BCUT2D eigenvalue weighted by atomic mass is 10.2. The number of hydrogen-bond acceptors (Lipinski definition) is 4. The van der Waals surface area contributed by atoms with E-state index in [-0.39, 0.29) is 24.7 Å². The Kier molecular flexibility index (Phi) is 9.36. The average Bonchev–Trinajstić information content (AvgIpc) is 2.75. The zero-order valence-electron chi connectivity index (χ0n) is 17.0. The molecule has 0 heterocycles. The van der Waals surface area contributed by atoms with E-state index in [2.05, 4.69) is 25.7 Å². The third kappa shape index (κ3) is 7.94. The number of aliphatic imine (C=N–C) groups is 1. The van der Waals surface area contributed by atoms with Gasteiger partial charge in [0.25, 0.3) is 0 Å². The van der Waals surface area contributed by atoms with Gasteiger partial charge in [0.05, 0.1) is 20.2 Å². The number of hydrogen-bond donors (Lipinski definition) is 3. The quantitative estimate of drug-likeness (QED) is 0.407. The number of guanidine groups is 1. The Morgan fingerprint density at radius 2 is 1.87 bits per heavy atom. The van der Waals surface area contributed by atoms with Gasteiger partial charge in [0.1, 0.15) is 11.5 Å². The van der Waals surface area contributed by atoms with Crippen LogP contribution >= 0.6 is 0 Å². The van der Waals surface area contributed by atoms with Crippen LogP contribution in [-0.4, -0.2) is 38.7 Å². The summed E-state index contributed by atoms with van der Waals surface area (Å²) in [6, 6.07) is 14.1. The van der Waals surface area contributed by atoms with E-state index in [9.17, 15) is 13.6 Å². The predicted molar refractivity (Wildman–Crippen MR) is 111 cm³/mol. The molecule has 0 aliphatic carbocycles. The lowest BCUT2D eigenvalue weighted by Gasteiger charge is -2.13. The molecular formula is C21H26F2N4O3. The largest absolute Gasteiger partial charge is 0.497 e. The first-order chi connectivity index (χ1) is 14.5. The topological polar surface area (TPSA) is 84.0 Å². The second kappa shape index (κ2) is 12.3. The van der Waals surface area contributed by atoms with Gasteiger partial charge in [-0.05, 0) is 30.7 Å². The molecule has 162 valence electrons. The summed E-state index contributed by atoms with van der Waals surface area (Å²) in [4.78, 5) is 16.4. The number of benzene rings is 2. The van der Waals surface area contributed by atoms with E-state index in [1.54, 1.807) is 6.07 Å². The van der Waals surface area contributed by atoms with Crippen LogP contribution in [-0.2, 0) is 17.9 Å². The molecule has 2 aromatic carbocycles. The molecule has 0 saturated heterocycles. The lowest BCUT2D eigenvalue weighted by Crippen LogP contribution is -2.43. The van der Waals surface area contributed by atoms with Gasteiger partial charge in [0.15, 0.2) is 5.96 Å². The zero-order chi connectivity index (χ0) is 21.8. The Balaban J connectivity index is 1.97. The van der Waals surface area contributed by atoms with Crippen molar-refractivity contribution < 1.29 is 23.0 Å². The number of rotatable bonds is 10. The molecule has 2 rings (SSSR count). The predicted octanol–water partition coefficient (Wildman–Crippen LogP) is 2.67. The molecule has 0 aliphatic rings. The number of nitrogens with zero attached hydrogens (tertiary/aromatic N) is 1. The highest BCUT2D eigenvalue weighted by atomic mass is 19.3. The molecule has 0 spiro atoms. The summed E-state index contributed by atoms with van der Waals surface area (Å²) in [5, 5.41) is 8.74. The number of carbonyl (C=O) groups excluding carboxylic acids is 1. The van der Waals surface area contributed by atoms with Gasteiger partial charge in [-0.3, -0.25) is 4.79 Å². The van der Waals surface area contributed by atoms with Gasteiger partial charge in [-0.1, -0.05) is 30.3 Å². The van der Waals surface area contributed by atoms with Gasteiger partial charge in [0, 0.05) is 18.7 Å². The Morgan fingerprint density at radius 1 is 1.10 bits per heavy atom. The maximum absolute atomic E-state index is 12.6. The second-order valence-corrected chi connectivity index (χ2v) is 6.16. The molecule has 2 aromatic rings.